The fraction of sp³-hybridized carbons (Fsp3) is 0.647. The zero-order chi connectivity index (χ0) is 15.1. The summed E-state index contributed by atoms with van der Waals surface area (Å²) in [6.07, 6.45) is 2.65. The molecule has 1 aliphatic heterocycles. The summed E-state index contributed by atoms with van der Waals surface area (Å²) in [6, 6.07) is 6.99. The van der Waals surface area contributed by atoms with Crippen LogP contribution in [0.4, 0.5) is 4.39 Å². The van der Waals surface area contributed by atoms with Crippen molar-refractivity contribution in [2.45, 2.75) is 44.8 Å². The topological polar surface area (TPSA) is 30.5 Å². The van der Waals surface area contributed by atoms with Gasteiger partial charge in [-0.25, -0.2) is 4.39 Å². The number of hydrogen-bond acceptors (Lipinski definition) is 3. The second kappa shape index (κ2) is 7.87. The minimum absolute atomic E-state index is 0.183. The second-order valence-corrected chi connectivity index (χ2v) is 5.55. The quantitative estimate of drug-likeness (QED) is 0.839. The van der Waals surface area contributed by atoms with Gasteiger partial charge in [0.25, 0.3) is 0 Å². The van der Waals surface area contributed by atoms with Crippen LogP contribution in [0, 0.1) is 5.82 Å². The first-order valence-electron chi connectivity index (χ1n) is 7.89. The highest BCUT2D eigenvalue weighted by Gasteiger charge is 2.40. The van der Waals surface area contributed by atoms with Crippen LogP contribution in [0.25, 0.3) is 0 Å². The molecule has 0 radical (unpaired) electrons. The largest absolute Gasteiger partial charge is 0.381 e. The molecule has 1 saturated heterocycles. The minimum atomic E-state index is -0.190. The molecule has 0 amide bonds. The minimum Gasteiger partial charge on any atom is -0.381 e. The zero-order valence-corrected chi connectivity index (χ0v) is 13.0. The molecule has 0 spiro atoms. The molecule has 1 aliphatic rings. The summed E-state index contributed by atoms with van der Waals surface area (Å²) in [7, 11) is 0. The third-order valence-electron chi connectivity index (χ3n) is 4.21. The number of benzene rings is 1. The molecule has 0 aliphatic carbocycles. The van der Waals surface area contributed by atoms with E-state index in [1.165, 1.54) is 12.1 Å². The van der Waals surface area contributed by atoms with Gasteiger partial charge in [-0.3, -0.25) is 0 Å². The van der Waals surface area contributed by atoms with E-state index in [1.54, 1.807) is 0 Å². The van der Waals surface area contributed by atoms with Crippen LogP contribution in [0.5, 0.6) is 0 Å². The van der Waals surface area contributed by atoms with Crippen LogP contribution in [-0.2, 0) is 15.9 Å². The van der Waals surface area contributed by atoms with E-state index < -0.39 is 0 Å². The van der Waals surface area contributed by atoms with Crippen LogP contribution in [0.1, 0.15) is 32.3 Å². The fourth-order valence-electron chi connectivity index (χ4n) is 3.14. The van der Waals surface area contributed by atoms with Gasteiger partial charge < -0.3 is 14.8 Å². The van der Waals surface area contributed by atoms with Crippen molar-refractivity contribution in [3.63, 3.8) is 0 Å². The highest BCUT2D eigenvalue weighted by atomic mass is 19.1. The summed E-state index contributed by atoms with van der Waals surface area (Å²) in [5, 5.41) is 3.57. The molecular formula is C17H26FNO2. The van der Waals surface area contributed by atoms with E-state index >= 15 is 0 Å². The third kappa shape index (κ3) is 4.25. The van der Waals surface area contributed by atoms with Gasteiger partial charge in [-0.1, -0.05) is 19.1 Å². The first-order valence-corrected chi connectivity index (χ1v) is 7.89. The Hall–Kier alpha value is -0.970. The summed E-state index contributed by atoms with van der Waals surface area (Å²) in [4.78, 5) is 0. The van der Waals surface area contributed by atoms with Crippen LogP contribution < -0.4 is 5.32 Å². The lowest BCUT2D eigenvalue weighted by molar-refractivity contribution is -0.126. The SMILES string of the molecule is CCNC(Cc1ccc(F)cc1)C1(OCC)CCOCC1. The van der Waals surface area contributed by atoms with Crippen LogP contribution >= 0.6 is 0 Å². The summed E-state index contributed by atoms with van der Waals surface area (Å²) in [6.45, 7) is 7.22. The molecule has 1 aromatic carbocycles. The van der Waals surface area contributed by atoms with Gasteiger partial charge in [0.15, 0.2) is 0 Å². The van der Waals surface area contributed by atoms with Gasteiger partial charge in [0.2, 0.25) is 0 Å². The predicted molar refractivity (Wildman–Crippen MR) is 82.0 cm³/mol. The van der Waals surface area contributed by atoms with Crippen molar-refractivity contribution in [2.24, 2.45) is 0 Å². The number of ether oxygens (including phenoxy) is 2. The number of halogens is 1. The van der Waals surface area contributed by atoms with Crippen molar-refractivity contribution in [2.75, 3.05) is 26.4 Å². The lowest BCUT2D eigenvalue weighted by Crippen LogP contribution is -2.56. The van der Waals surface area contributed by atoms with Gasteiger partial charge in [-0.05, 0) is 37.6 Å². The Balaban J connectivity index is 2.16. The van der Waals surface area contributed by atoms with E-state index in [2.05, 4.69) is 12.2 Å². The van der Waals surface area contributed by atoms with Crippen LogP contribution in [0.3, 0.4) is 0 Å². The Morgan fingerprint density at radius 3 is 2.48 bits per heavy atom. The average molecular weight is 295 g/mol. The van der Waals surface area contributed by atoms with Crippen molar-refractivity contribution >= 4 is 0 Å². The predicted octanol–water partition coefficient (Wildman–Crippen LogP) is 2.93. The summed E-state index contributed by atoms with van der Waals surface area (Å²) < 4.78 is 24.7. The van der Waals surface area contributed by atoms with Gasteiger partial charge in [0, 0.05) is 38.7 Å². The molecule has 4 heteroatoms. The van der Waals surface area contributed by atoms with E-state index in [4.69, 9.17) is 9.47 Å². The number of likely N-dealkylation sites (N-methyl/N-ethyl adjacent to an activating group) is 1. The van der Waals surface area contributed by atoms with E-state index in [9.17, 15) is 4.39 Å². The third-order valence-corrected chi connectivity index (χ3v) is 4.21. The van der Waals surface area contributed by atoms with Crippen molar-refractivity contribution in [1.82, 2.24) is 5.32 Å². The molecule has 0 bridgehead atoms. The van der Waals surface area contributed by atoms with Crippen molar-refractivity contribution in [3.05, 3.63) is 35.6 Å². The van der Waals surface area contributed by atoms with E-state index in [0.29, 0.717) is 6.61 Å². The van der Waals surface area contributed by atoms with Gasteiger partial charge in [-0.2, -0.15) is 0 Å². The molecule has 1 aromatic rings. The Labute approximate surface area is 126 Å². The summed E-state index contributed by atoms with van der Waals surface area (Å²) in [5.74, 6) is -0.190. The summed E-state index contributed by atoms with van der Waals surface area (Å²) in [5.41, 5.74) is 0.949. The first-order chi connectivity index (χ1) is 10.2. The molecule has 1 unspecified atom stereocenters. The van der Waals surface area contributed by atoms with Crippen molar-refractivity contribution < 1.29 is 13.9 Å². The number of nitrogens with one attached hydrogen (secondary N) is 1. The van der Waals surface area contributed by atoms with Gasteiger partial charge >= 0.3 is 0 Å². The fourth-order valence-corrected chi connectivity index (χ4v) is 3.14. The van der Waals surface area contributed by atoms with E-state index in [1.807, 2.05) is 19.1 Å². The summed E-state index contributed by atoms with van der Waals surface area (Å²) >= 11 is 0. The zero-order valence-electron chi connectivity index (χ0n) is 13.0. The number of hydrogen-bond donors (Lipinski definition) is 1. The van der Waals surface area contributed by atoms with Crippen molar-refractivity contribution in [3.8, 4) is 0 Å². The maximum absolute atomic E-state index is 13.1. The smallest absolute Gasteiger partial charge is 0.123 e. The second-order valence-electron chi connectivity index (χ2n) is 5.55. The molecule has 118 valence electrons. The van der Waals surface area contributed by atoms with E-state index in [-0.39, 0.29) is 17.5 Å². The molecule has 0 aromatic heterocycles. The number of rotatable bonds is 7. The van der Waals surface area contributed by atoms with Crippen LogP contribution in [-0.4, -0.2) is 38.0 Å². The van der Waals surface area contributed by atoms with Crippen molar-refractivity contribution in [1.29, 1.82) is 0 Å². The molecule has 0 saturated carbocycles. The maximum Gasteiger partial charge on any atom is 0.123 e. The van der Waals surface area contributed by atoms with Crippen LogP contribution in [0.2, 0.25) is 0 Å². The van der Waals surface area contributed by atoms with Gasteiger partial charge in [-0.15, -0.1) is 0 Å². The molecule has 1 heterocycles. The lowest BCUT2D eigenvalue weighted by atomic mass is 9.82. The maximum atomic E-state index is 13.1. The molecule has 1 N–H and O–H groups in total. The Morgan fingerprint density at radius 2 is 1.90 bits per heavy atom. The van der Waals surface area contributed by atoms with Gasteiger partial charge in [0.1, 0.15) is 5.82 Å². The van der Waals surface area contributed by atoms with Gasteiger partial charge in [0.05, 0.1) is 5.60 Å². The highest BCUT2D eigenvalue weighted by Crippen LogP contribution is 2.31. The standard InChI is InChI=1S/C17H26FNO2/c1-3-19-16(13-14-5-7-15(18)8-6-14)17(21-4-2)9-11-20-12-10-17/h5-8,16,19H,3-4,9-13H2,1-2H3. The van der Waals surface area contributed by atoms with E-state index in [0.717, 1.165) is 44.6 Å². The normalized spacial score (nSPS) is 19.4. The monoisotopic (exact) mass is 295 g/mol. The molecule has 3 nitrogen and oxygen atoms in total. The molecule has 2 rings (SSSR count). The Bertz CT molecular complexity index is 410. The first kappa shape index (κ1) is 16.4. The Kier molecular flexibility index (Phi) is 6.15. The molecular weight excluding hydrogens is 269 g/mol. The average Bonchev–Trinajstić information content (AvgIpc) is 2.50. The lowest BCUT2D eigenvalue weighted by Gasteiger charge is -2.43. The highest BCUT2D eigenvalue weighted by molar-refractivity contribution is 5.18. The van der Waals surface area contributed by atoms with Crippen LogP contribution in [0.15, 0.2) is 24.3 Å². The Morgan fingerprint density at radius 1 is 1.24 bits per heavy atom. The molecule has 1 fully saturated rings. The molecule has 21 heavy (non-hydrogen) atoms. The molecule has 1 atom stereocenters.